The van der Waals surface area contributed by atoms with Crippen LogP contribution in [0.4, 0.5) is 5.69 Å². The molecule has 0 spiro atoms. The number of carbonyl (C=O) groups excluding carboxylic acids is 1. The molecule has 1 N–H and O–H groups in total. The Kier molecular flexibility index (Phi) is 5.41. The van der Waals surface area contributed by atoms with E-state index in [2.05, 4.69) is 29.7 Å². The number of carbonyl (C=O) groups is 1. The Hall–Kier alpha value is 0.282. The number of anilines is 1. The Labute approximate surface area is 131 Å². The summed E-state index contributed by atoms with van der Waals surface area (Å²) in [5.74, 6) is 0.0416. The number of amides is 1. The van der Waals surface area contributed by atoms with Crippen LogP contribution < -0.4 is 5.32 Å². The standard InChI is InChI=1S/C11H10BrN2O.PS.Tl/c1-2-11(15)14-10-6-13-9-4-3-7(12)5-8(9)10;1-2;/h3-6H,2H2,1H3,(H,14,15);;/q2*-1;+3. The molecule has 1 heterocycles. The first kappa shape index (κ1) is 14.7. The molecule has 0 aliphatic heterocycles. The summed E-state index contributed by atoms with van der Waals surface area (Å²) in [4.78, 5) is 11.5. The van der Waals surface area contributed by atoms with Crippen molar-refractivity contribution in [3.8, 4) is 0 Å². The van der Waals surface area contributed by atoms with E-state index in [9.17, 15) is 4.79 Å². The van der Waals surface area contributed by atoms with E-state index in [1.807, 2.05) is 25.3 Å². The number of aromatic nitrogens is 1. The van der Waals surface area contributed by atoms with Crippen LogP contribution in [0.5, 0.6) is 0 Å². The van der Waals surface area contributed by atoms with Crippen LogP contribution in [0, 0.1) is 0 Å². The second-order valence-corrected chi connectivity index (χ2v) is 18.0. The molecule has 0 aliphatic rings. The van der Waals surface area contributed by atoms with Crippen molar-refractivity contribution in [2.45, 2.75) is 13.3 Å². The monoisotopic (exact) mass is 533 g/mol. The molecule has 0 bridgehead atoms. The zero-order valence-electron chi connectivity index (χ0n) is 9.68. The number of nitrogens with zero attached hydrogens (tertiary/aromatic N) is 1. The van der Waals surface area contributed by atoms with Gasteiger partial charge in [0.25, 0.3) is 0 Å². The number of hydrogen-bond donors (Lipinski definition) is 1. The van der Waals surface area contributed by atoms with Gasteiger partial charge in [-0.05, 0) is 0 Å². The minimum absolute atomic E-state index is 0.0416. The molecule has 18 heavy (non-hydrogen) atoms. The van der Waals surface area contributed by atoms with E-state index in [1.165, 1.54) is 5.52 Å². The van der Waals surface area contributed by atoms with E-state index in [4.69, 9.17) is 11.8 Å². The van der Waals surface area contributed by atoms with E-state index >= 15 is 0 Å². The maximum absolute atomic E-state index is 11.5. The molecule has 90 valence electrons. The van der Waals surface area contributed by atoms with Gasteiger partial charge in [0.05, 0.1) is 0 Å². The maximum atomic E-state index is 11.5. The summed E-state index contributed by atoms with van der Waals surface area (Å²) in [5.41, 5.74) is 2.07. The first-order valence-electron chi connectivity index (χ1n) is 5.41. The molecule has 1 aromatic heterocycles. The van der Waals surface area contributed by atoms with Gasteiger partial charge in [-0.3, -0.25) is 0 Å². The Morgan fingerprint density at radius 3 is 3.06 bits per heavy atom. The summed E-state index contributed by atoms with van der Waals surface area (Å²) in [6.45, 7) is 1.85. The van der Waals surface area contributed by atoms with Crippen molar-refractivity contribution in [1.29, 1.82) is 0 Å². The van der Waals surface area contributed by atoms with E-state index in [0.717, 1.165) is 19.5 Å². The van der Waals surface area contributed by atoms with Gasteiger partial charge in [-0.25, -0.2) is 0 Å². The zero-order valence-corrected chi connectivity index (χ0v) is 17.5. The second kappa shape index (κ2) is 6.63. The predicted octanol–water partition coefficient (Wildman–Crippen LogP) is 3.54. The predicted molar refractivity (Wildman–Crippen MR) is 84.0 cm³/mol. The van der Waals surface area contributed by atoms with Crippen LogP contribution in [0.15, 0.2) is 28.9 Å². The summed E-state index contributed by atoms with van der Waals surface area (Å²) >= 11 is 7.41. The van der Waals surface area contributed by atoms with Crippen LogP contribution in [0.1, 0.15) is 13.3 Å². The van der Waals surface area contributed by atoms with Crippen LogP contribution in [0.3, 0.4) is 0 Å². The number of fused-ring (bicyclic) bond motifs is 1. The SMILES string of the molecule is CCC(=O)Nc1c[n]([Tl]=[P+]=S)c2ccc(Br)cc12. The summed E-state index contributed by atoms with van der Waals surface area (Å²) in [7, 11) is 0. The second-order valence-electron chi connectivity index (χ2n) is 3.73. The van der Waals surface area contributed by atoms with Crippen LogP contribution in [0.25, 0.3) is 10.9 Å². The van der Waals surface area contributed by atoms with Crippen LogP contribution in [-0.4, -0.2) is 31.7 Å². The average molecular weight is 534 g/mol. The molecule has 1 amide bonds. The summed E-state index contributed by atoms with van der Waals surface area (Å²) < 4.78 is 4.39. The van der Waals surface area contributed by atoms with Crippen molar-refractivity contribution in [1.82, 2.24) is 2.38 Å². The normalized spacial score (nSPS) is 10.1. The number of benzene rings is 1. The van der Waals surface area contributed by atoms with Crippen molar-refractivity contribution in [3.05, 3.63) is 28.9 Å². The molecular formula is C11H10BrN2OPSTl+. The van der Waals surface area contributed by atoms with Gasteiger partial charge in [-0.15, -0.1) is 0 Å². The topological polar surface area (TPSA) is 34.0 Å². The summed E-state index contributed by atoms with van der Waals surface area (Å²) in [5, 5.41) is 4.04. The van der Waals surface area contributed by atoms with Gasteiger partial charge < -0.3 is 0 Å². The van der Waals surface area contributed by atoms with Gasteiger partial charge in [-0.1, -0.05) is 0 Å². The summed E-state index contributed by atoms with van der Waals surface area (Å²) in [6.07, 6.45) is 2.53. The molecule has 3 nitrogen and oxygen atoms in total. The molecule has 0 unspecified atom stereocenters. The van der Waals surface area contributed by atoms with Crippen LogP contribution in [-0.2, 0) is 16.6 Å². The minimum atomic E-state index is -1.15. The Balaban J connectivity index is 2.61. The van der Waals surface area contributed by atoms with Crippen molar-refractivity contribution in [2.75, 3.05) is 5.32 Å². The molecule has 1 aromatic carbocycles. The third kappa shape index (κ3) is 3.24. The Morgan fingerprint density at radius 2 is 2.39 bits per heavy atom. The molecule has 7 heteroatoms. The van der Waals surface area contributed by atoms with E-state index < -0.39 is 23.4 Å². The van der Waals surface area contributed by atoms with E-state index in [-0.39, 0.29) is 5.91 Å². The Bertz CT molecular complexity index is 666. The first-order valence-corrected chi connectivity index (χ1v) is 16.2. The Morgan fingerprint density at radius 1 is 1.61 bits per heavy atom. The van der Waals surface area contributed by atoms with E-state index in [1.54, 1.807) is 0 Å². The van der Waals surface area contributed by atoms with Gasteiger partial charge >= 0.3 is 132 Å². The average Bonchev–Trinajstić information content (AvgIpc) is 2.67. The molecular weight excluding hydrogens is 523 g/mol. The molecule has 0 atom stereocenters. The molecule has 0 fully saturated rings. The number of nitrogens with one attached hydrogen (secondary N) is 1. The van der Waals surface area contributed by atoms with Gasteiger partial charge in [0.1, 0.15) is 0 Å². The number of rotatable bonds is 3. The number of halogens is 1. The van der Waals surface area contributed by atoms with Gasteiger partial charge in [0.2, 0.25) is 0 Å². The number of hydrogen-bond acceptors (Lipinski definition) is 2. The van der Waals surface area contributed by atoms with Crippen LogP contribution in [0.2, 0.25) is 0 Å². The molecule has 0 aliphatic carbocycles. The van der Waals surface area contributed by atoms with Crippen molar-refractivity contribution < 1.29 is 4.79 Å². The molecule has 0 saturated carbocycles. The third-order valence-electron chi connectivity index (χ3n) is 2.56. The van der Waals surface area contributed by atoms with Crippen molar-refractivity contribution in [3.63, 3.8) is 0 Å². The zero-order chi connectivity index (χ0) is 13.1. The quantitative estimate of drug-likeness (QED) is 0.484. The fourth-order valence-electron chi connectivity index (χ4n) is 1.71. The summed E-state index contributed by atoms with van der Waals surface area (Å²) in [6, 6.07) is 6.15. The van der Waals surface area contributed by atoms with Crippen molar-refractivity contribution in [2.24, 2.45) is 0 Å². The molecule has 0 radical (unpaired) electrons. The molecule has 2 aromatic rings. The van der Waals surface area contributed by atoms with Crippen LogP contribution >= 0.6 is 19.9 Å². The van der Waals surface area contributed by atoms with Crippen molar-refractivity contribution >= 4 is 77.6 Å². The first-order chi connectivity index (χ1) is 8.65. The van der Waals surface area contributed by atoms with Gasteiger partial charge in [0.15, 0.2) is 0 Å². The molecule has 2 rings (SSSR count). The van der Waals surface area contributed by atoms with Gasteiger partial charge in [-0.2, -0.15) is 0 Å². The third-order valence-corrected chi connectivity index (χ3v) is 11.5. The van der Waals surface area contributed by atoms with E-state index in [0.29, 0.717) is 6.42 Å². The molecule has 0 saturated heterocycles. The fraction of sp³-hybridized carbons (Fsp3) is 0.182. The fourth-order valence-corrected chi connectivity index (χ4v) is 9.91. The van der Waals surface area contributed by atoms with Gasteiger partial charge in [0, 0.05) is 0 Å².